The number of para-hydroxylation sites is 1. The summed E-state index contributed by atoms with van der Waals surface area (Å²) in [5.41, 5.74) is 0.842. The minimum Gasteiger partial charge on any atom is -0.276 e. The molecule has 2 heterocycles. The second-order valence-corrected chi connectivity index (χ2v) is 5.68. The van der Waals surface area contributed by atoms with Crippen LogP contribution in [0.25, 0.3) is 16.7 Å². The molecule has 2 aromatic heterocycles. The van der Waals surface area contributed by atoms with E-state index in [0.717, 1.165) is 22.8 Å². The number of aryl methyl sites for hydroxylation is 1. The summed E-state index contributed by atoms with van der Waals surface area (Å²) in [5, 5.41) is 9.93. The van der Waals surface area contributed by atoms with Gasteiger partial charge < -0.3 is 0 Å². The molecule has 0 aliphatic rings. The molecule has 1 aromatic carbocycles. The maximum absolute atomic E-state index is 12.6. The third kappa shape index (κ3) is 2.25. The number of thioether (sulfide) groups is 1. The zero-order valence-corrected chi connectivity index (χ0v) is 12.6. The zero-order chi connectivity index (χ0) is 14.8. The first kappa shape index (κ1) is 13.9. The fraction of sp³-hybridized carbons (Fsp3) is 0.267. The van der Waals surface area contributed by atoms with E-state index < -0.39 is 0 Å². The van der Waals surface area contributed by atoms with Crippen molar-refractivity contribution in [2.24, 2.45) is 0 Å². The van der Waals surface area contributed by atoms with Gasteiger partial charge in [0, 0.05) is 12.3 Å². The molecule has 0 aliphatic carbocycles. The number of hydrogen-bond donors (Lipinski definition) is 0. The Morgan fingerprint density at radius 2 is 2.14 bits per heavy atom. The van der Waals surface area contributed by atoms with Crippen molar-refractivity contribution in [2.45, 2.75) is 25.0 Å². The van der Waals surface area contributed by atoms with Gasteiger partial charge in [-0.15, -0.1) is 16.8 Å². The molecule has 0 unspecified atom stereocenters. The van der Waals surface area contributed by atoms with Gasteiger partial charge in [0.05, 0.1) is 10.9 Å². The van der Waals surface area contributed by atoms with E-state index in [0.29, 0.717) is 17.7 Å². The summed E-state index contributed by atoms with van der Waals surface area (Å²) in [5.74, 6) is 1.36. The van der Waals surface area contributed by atoms with Crippen LogP contribution in [0.4, 0.5) is 0 Å². The van der Waals surface area contributed by atoms with Gasteiger partial charge in [-0.3, -0.25) is 13.8 Å². The summed E-state index contributed by atoms with van der Waals surface area (Å²) in [6, 6.07) is 7.59. The summed E-state index contributed by atoms with van der Waals surface area (Å²) in [7, 11) is 0. The Bertz CT molecular complexity index is 865. The maximum atomic E-state index is 12.6. The molecule has 0 bridgehead atoms. The van der Waals surface area contributed by atoms with Crippen LogP contribution in [-0.2, 0) is 6.54 Å². The lowest BCUT2D eigenvalue weighted by molar-refractivity contribution is 0.662. The van der Waals surface area contributed by atoms with Crippen LogP contribution in [0.15, 0.2) is 46.9 Å². The largest absolute Gasteiger partial charge is 0.276 e. The zero-order valence-electron chi connectivity index (χ0n) is 11.8. The number of benzene rings is 1. The van der Waals surface area contributed by atoms with E-state index in [1.165, 1.54) is 0 Å². The van der Waals surface area contributed by atoms with E-state index in [9.17, 15) is 4.79 Å². The second kappa shape index (κ2) is 5.73. The summed E-state index contributed by atoms with van der Waals surface area (Å²) >= 11 is 1.56. The van der Waals surface area contributed by atoms with Crippen molar-refractivity contribution >= 4 is 28.4 Å². The van der Waals surface area contributed by atoms with Gasteiger partial charge in [0.2, 0.25) is 5.78 Å². The molecule has 0 N–H and O–H groups in total. The summed E-state index contributed by atoms with van der Waals surface area (Å²) < 4.78 is 3.66. The van der Waals surface area contributed by atoms with E-state index in [1.54, 1.807) is 16.3 Å². The minimum absolute atomic E-state index is 0.00683. The van der Waals surface area contributed by atoms with Gasteiger partial charge >= 0.3 is 0 Å². The van der Waals surface area contributed by atoms with Crippen molar-refractivity contribution in [3.63, 3.8) is 0 Å². The van der Waals surface area contributed by atoms with E-state index >= 15 is 0 Å². The molecule has 3 aromatic rings. The fourth-order valence-corrected chi connectivity index (χ4v) is 3.06. The lowest BCUT2D eigenvalue weighted by Gasteiger charge is -2.09. The van der Waals surface area contributed by atoms with Gasteiger partial charge in [-0.1, -0.05) is 36.9 Å². The van der Waals surface area contributed by atoms with Crippen LogP contribution in [0.2, 0.25) is 0 Å². The molecule has 0 amide bonds. The number of fused-ring (bicyclic) bond motifs is 3. The van der Waals surface area contributed by atoms with Crippen LogP contribution in [0.3, 0.4) is 0 Å². The third-order valence-electron chi connectivity index (χ3n) is 3.26. The molecule has 0 radical (unpaired) electrons. The van der Waals surface area contributed by atoms with E-state index in [-0.39, 0.29) is 5.56 Å². The maximum Gasteiger partial charge on any atom is 0.262 e. The molecule has 0 saturated heterocycles. The van der Waals surface area contributed by atoms with Crippen molar-refractivity contribution in [2.75, 3.05) is 5.75 Å². The molecule has 3 rings (SSSR count). The second-order valence-electron chi connectivity index (χ2n) is 4.69. The van der Waals surface area contributed by atoms with Gasteiger partial charge in [-0.2, -0.15) is 0 Å². The highest BCUT2D eigenvalue weighted by molar-refractivity contribution is 7.99. The van der Waals surface area contributed by atoms with Crippen LogP contribution in [0.5, 0.6) is 0 Å². The van der Waals surface area contributed by atoms with Crippen molar-refractivity contribution in [3.05, 3.63) is 47.3 Å². The molecule has 0 atom stereocenters. The Morgan fingerprint density at radius 3 is 2.90 bits per heavy atom. The molecule has 6 heteroatoms. The highest BCUT2D eigenvalue weighted by Crippen LogP contribution is 2.21. The first-order chi connectivity index (χ1) is 10.3. The smallest absolute Gasteiger partial charge is 0.262 e. The number of hydrogen-bond acceptors (Lipinski definition) is 4. The quantitative estimate of drug-likeness (QED) is 0.537. The molecular formula is C15H16N4OS. The average Bonchev–Trinajstić information content (AvgIpc) is 2.93. The van der Waals surface area contributed by atoms with Gasteiger partial charge in [-0.25, -0.2) is 0 Å². The molecule has 108 valence electrons. The highest BCUT2D eigenvalue weighted by Gasteiger charge is 2.15. The Kier molecular flexibility index (Phi) is 3.79. The lowest BCUT2D eigenvalue weighted by Crippen LogP contribution is -2.23. The first-order valence-corrected chi connectivity index (χ1v) is 7.86. The SMILES string of the molecule is C=CCSc1nnc2n(CCC)c(=O)c3ccccc3n12. The van der Waals surface area contributed by atoms with Crippen LogP contribution in [0, 0.1) is 0 Å². The summed E-state index contributed by atoms with van der Waals surface area (Å²) in [4.78, 5) is 12.6. The standard InChI is InChI=1S/C15H16N4OS/c1-3-9-18-13(20)11-7-5-6-8-12(11)19-14(18)16-17-15(19)21-10-4-2/h4-8H,2-3,9-10H2,1H3. The van der Waals surface area contributed by atoms with Crippen LogP contribution >= 0.6 is 11.8 Å². The van der Waals surface area contributed by atoms with E-state index in [2.05, 4.69) is 16.8 Å². The first-order valence-electron chi connectivity index (χ1n) is 6.88. The van der Waals surface area contributed by atoms with Crippen LogP contribution < -0.4 is 5.56 Å². The fourth-order valence-electron chi connectivity index (χ4n) is 2.39. The topological polar surface area (TPSA) is 52.2 Å². The minimum atomic E-state index is -0.00683. The summed E-state index contributed by atoms with van der Waals surface area (Å²) in [6.45, 7) is 6.41. The van der Waals surface area contributed by atoms with E-state index in [1.807, 2.05) is 41.7 Å². The number of nitrogens with zero attached hydrogens (tertiary/aromatic N) is 4. The predicted molar refractivity (Wildman–Crippen MR) is 86.0 cm³/mol. The molecule has 0 spiro atoms. The van der Waals surface area contributed by atoms with E-state index in [4.69, 9.17) is 0 Å². The molecule has 5 nitrogen and oxygen atoms in total. The normalized spacial score (nSPS) is 11.3. The Labute approximate surface area is 126 Å². The highest BCUT2D eigenvalue weighted by atomic mass is 32.2. The van der Waals surface area contributed by atoms with Crippen molar-refractivity contribution in [3.8, 4) is 0 Å². The molecule has 21 heavy (non-hydrogen) atoms. The van der Waals surface area contributed by atoms with Crippen LogP contribution in [-0.4, -0.2) is 24.9 Å². The Morgan fingerprint density at radius 1 is 1.33 bits per heavy atom. The molecule has 0 saturated carbocycles. The van der Waals surface area contributed by atoms with Crippen molar-refractivity contribution < 1.29 is 0 Å². The van der Waals surface area contributed by atoms with Crippen molar-refractivity contribution in [1.82, 2.24) is 19.2 Å². The van der Waals surface area contributed by atoms with Crippen molar-refractivity contribution in [1.29, 1.82) is 0 Å². The number of rotatable bonds is 5. The average molecular weight is 300 g/mol. The Hall–Kier alpha value is -2.08. The molecule has 0 aliphatic heterocycles. The number of aromatic nitrogens is 4. The third-order valence-corrected chi connectivity index (χ3v) is 4.18. The van der Waals surface area contributed by atoms with Crippen LogP contribution in [0.1, 0.15) is 13.3 Å². The van der Waals surface area contributed by atoms with Gasteiger partial charge in [0.1, 0.15) is 0 Å². The predicted octanol–water partition coefficient (Wildman–Crippen LogP) is 2.73. The molecular weight excluding hydrogens is 284 g/mol. The lowest BCUT2D eigenvalue weighted by atomic mass is 10.2. The monoisotopic (exact) mass is 300 g/mol. The summed E-state index contributed by atoms with van der Waals surface area (Å²) in [6.07, 6.45) is 2.70. The Balaban J connectivity index is 2.40. The van der Waals surface area contributed by atoms with Gasteiger partial charge in [-0.05, 0) is 18.6 Å². The van der Waals surface area contributed by atoms with Gasteiger partial charge in [0.15, 0.2) is 5.16 Å². The molecule has 0 fully saturated rings. The van der Waals surface area contributed by atoms with Gasteiger partial charge in [0.25, 0.3) is 5.56 Å².